The summed E-state index contributed by atoms with van der Waals surface area (Å²) in [5.41, 5.74) is -1.02. The highest BCUT2D eigenvalue weighted by Crippen LogP contribution is 2.17. The van der Waals surface area contributed by atoms with E-state index in [0.29, 0.717) is 5.56 Å². The van der Waals surface area contributed by atoms with Crippen molar-refractivity contribution in [3.05, 3.63) is 29.8 Å². The molecule has 0 aliphatic carbocycles. The summed E-state index contributed by atoms with van der Waals surface area (Å²) in [5.74, 6) is -3.08. The summed E-state index contributed by atoms with van der Waals surface area (Å²) in [7, 11) is 0. The zero-order valence-electron chi connectivity index (χ0n) is 30.6. The van der Waals surface area contributed by atoms with Gasteiger partial charge in [0.1, 0.15) is 41.6 Å². The number of carbonyl (C=O) groups is 7. The summed E-state index contributed by atoms with van der Waals surface area (Å²) in [6.45, 7) is 16.1. The molecule has 5 N–H and O–H groups in total. The first-order valence-corrected chi connectivity index (χ1v) is 16.4. The number of ether oxygens (including phenoxy) is 4. The van der Waals surface area contributed by atoms with E-state index in [0.717, 1.165) is 0 Å². The van der Waals surface area contributed by atoms with Crippen molar-refractivity contribution in [1.82, 2.24) is 26.6 Å². The lowest BCUT2D eigenvalue weighted by Crippen LogP contribution is -2.55. The van der Waals surface area contributed by atoms with E-state index in [-0.39, 0.29) is 37.7 Å². The number of alkyl carbamates (subject to hydrolysis) is 1. The molecule has 1 aromatic carbocycles. The fourth-order valence-corrected chi connectivity index (χ4v) is 4.10. The molecular formula is C34H53N5O11. The van der Waals surface area contributed by atoms with Gasteiger partial charge in [0.2, 0.25) is 23.6 Å². The minimum Gasteiger partial charge on any atom is -0.465 e. The van der Waals surface area contributed by atoms with E-state index in [2.05, 4.69) is 26.6 Å². The third-order valence-electron chi connectivity index (χ3n) is 6.21. The molecule has 0 saturated carbocycles. The number of esters is 1. The molecule has 0 spiro atoms. The van der Waals surface area contributed by atoms with Crippen LogP contribution in [0.4, 0.5) is 9.59 Å². The Labute approximate surface area is 293 Å². The predicted molar refractivity (Wildman–Crippen MR) is 182 cm³/mol. The topological polar surface area (TPSA) is 217 Å². The number of rotatable bonds is 16. The van der Waals surface area contributed by atoms with Gasteiger partial charge in [-0.25, -0.2) is 9.59 Å². The summed E-state index contributed by atoms with van der Waals surface area (Å²) in [4.78, 5) is 87.6. The second kappa shape index (κ2) is 19.9. The molecular weight excluding hydrogens is 654 g/mol. The van der Waals surface area contributed by atoms with E-state index in [1.807, 2.05) is 13.8 Å². The van der Waals surface area contributed by atoms with Crippen LogP contribution in [0.3, 0.4) is 0 Å². The van der Waals surface area contributed by atoms with Gasteiger partial charge >= 0.3 is 18.2 Å². The van der Waals surface area contributed by atoms with Crippen molar-refractivity contribution < 1.29 is 52.5 Å². The van der Waals surface area contributed by atoms with Crippen molar-refractivity contribution >= 4 is 41.8 Å². The van der Waals surface area contributed by atoms with Gasteiger partial charge in [0.05, 0.1) is 13.2 Å². The molecule has 0 unspecified atom stereocenters. The molecule has 0 bridgehead atoms. The molecule has 16 heteroatoms. The fourth-order valence-electron chi connectivity index (χ4n) is 4.10. The Morgan fingerprint density at radius 3 is 1.82 bits per heavy atom. The minimum absolute atomic E-state index is 0.0178. The standard InChI is InChI=1S/C34H53N5O11/c1-11-47-27(41)19-36-29(43)24(16-20(2)3)38-26(40)18-35-28(42)21(4)37-30(44)25(39-31(45)49-33(5,6)7)17-22-12-14-23(15-13-22)48-32(46)50-34(8,9)10/h12-15,20-21,24-25H,11,16-19H2,1-10H3,(H,35,42)(H,36,43)(H,37,44)(H,38,40)(H,39,45)/t21-,24-,25-/m0/s1. The first-order chi connectivity index (χ1) is 23.1. The Morgan fingerprint density at radius 1 is 0.700 bits per heavy atom. The van der Waals surface area contributed by atoms with Crippen LogP contribution in [0.15, 0.2) is 24.3 Å². The predicted octanol–water partition coefficient (Wildman–Crippen LogP) is 2.27. The van der Waals surface area contributed by atoms with Crippen molar-refractivity contribution in [2.45, 2.75) is 111 Å². The normalized spacial score (nSPS) is 13.1. The van der Waals surface area contributed by atoms with Crippen molar-refractivity contribution in [3.63, 3.8) is 0 Å². The van der Waals surface area contributed by atoms with E-state index in [4.69, 9.17) is 18.9 Å². The molecule has 5 amide bonds. The lowest BCUT2D eigenvalue weighted by atomic mass is 10.0. The van der Waals surface area contributed by atoms with Gasteiger partial charge in [0, 0.05) is 6.42 Å². The maximum atomic E-state index is 13.3. The number of nitrogens with one attached hydrogen (secondary N) is 5. The van der Waals surface area contributed by atoms with E-state index >= 15 is 0 Å². The average Bonchev–Trinajstić information content (AvgIpc) is 2.96. The van der Waals surface area contributed by atoms with E-state index < -0.39 is 77.7 Å². The van der Waals surface area contributed by atoms with E-state index in [9.17, 15) is 33.6 Å². The average molecular weight is 708 g/mol. The number of benzene rings is 1. The van der Waals surface area contributed by atoms with Gasteiger partial charge in [0.25, 0.3) is 0 Å². The highest BCUT2D eigenvalue weighted by Gasteiger charge is 2.28. The number of carbonyl (C=O) groups excluding carboxylic acids is 7. The van der Waals surface area contributed by atoms with Crippen molar-refractivity contribution in [2.24, 2.45) is 5.92 Å². The third kappa shape index (κ3) is 18.6. The molecule has 0 fully saturated rings. The van der Waals surface area contributed by atoms with Gasteiger partial charge in [-0.05, 0) is 85.4 Å². The zero-order valence-corrected chi connectivity index (χ0v) is 30.6. The van der Waals surface area contributed by atoms with Gasteiger partial charge < -0.3 is 45.5 Å². The van der Waals surface area contributed by atoms with Crippen LogP contribution < -0.4 is 31.3 Å². The highest BCUT2D eigenvalue weighted by molar-refractivity contribution is 5.94. The molecule has 0 aromatic heterocycles. The fraction of sp³-hybridized carbons (Fsp3) is 0.618. The van der Waals surface area contributed by atoms with Crippen molar-refractivity contribution in [3.8, 4) is 5.75 Å². The number of hydrogen-bond acceptors (Lipinski definition) is 11. The van der Waals surface area contributed by atoms with Crippen LogP contribution in [-0.2, 0) is 44.6 Å². The first kappa shape index (κ1) is 43.1. The molecule has 0 heterocycles. The van der Waals surface area contributed by atoms with Gasteiger partial charge in [-0.15, -0.1) is 0 Å². The van der Waals surface area contributed by atoms with Gasteiger partial charge in [-0.2, -0.15) is 0 Å². The Bertz CT molecular complexity index is 1330. The van der Waals surface area contributed by atoms with E-state index in [1.165, 1.54) is 19.1 Å². The Hall–Kier alpha value is -4.89. The Morgan fingerprint density at radius 2 is 1.28 bits per heavy atom. The van der Waals surface area contributed by atoms with Crippen molar-refractivity contribution in [2.75, 3.05) is 19.7 Å². The van der Waals surface area contributed by atoms with Gasteiger partial charge in [-0.3, -0.25) is 24.0 Å². The molecule has 16 nitrogen and oxygen atoms in total. The molecule has 3 atom stereocenters. The smallest absolute Gasteiger partial charge is 0.465 e. The summed E-state index contributed by atoms with van der Waals surface area (Å²) in [5, 5.41) is 12.4. The van der Waals surface area contributed by atoms with Crippen LogP contribution >= 0.6 is 0 Å². The highest BCUT2D eigenvalue weighted by atomic mass is 16.7. The molecule has 0 aliphatic rings. The van der Waals surface area contributed by atoms with E-state index in [1.54, 1.807) is 60.6 Å². The maximum absolute atomic E-state index is 13.3. The Kier molecular flexibility index (Phi) is 17.2. The molecule has 0 saturated heterocycles. The lowest BCUT2D eigenvalue weighted by molar-refractivity contribution is -0.143. The first-order valence-electron chi connectivity index (χ1n) is 16.4. The number of amides is 5. The van der Waals surface area contributed by atoms with Gasteiger partial charge in [0.15, 0.2) is 0 Å². The molecule has 0 aliphatic heterocycles. The number of hydrogen-bond donors (Lipinski definition) is 5. The summed E-state index contributed by atoms with van der Waals surface area (Å²) < 4.78 is 20.4. The zero-order chi connectivity index (χ0) is 38.2. The third-order valence-corrected chi connectivity index (χ3v) is 6.21. The molecule has 1 aromatic rings. The Balaban J connectivity index is 2.89. The second-order valence-corrected chi connectivity index (χ2v) is 13.8. The van der Waals surface area contributed by atoms with Crippen LogP contribution in [0.2, 0.25) is 0 Å². The van der Waals surface area contributed by atoms with Crippen LogP contribution in [-0.4, -0.2) is 90.9 Å². The maximum Gasteiger partial charge on any atom is 0.514 e. The summed E-state index contributed by atoms with van der Waals surface area (Å²) in [6, 6.07) is 2.89. The molecule has 0 radical (unpaired) electrons. The molecule has 1 rings (SSSR count). The second-order valence-electron chi connectivity index (χ2n) is 13.8. The molecule has 50 heavy (non-hydrogen) atoms. The lowest BCUT2D eigenvalue weighted by Gasteiger charge is -2.24. The van der Waals surface area contributed by atoms with Gasteiger partial charge in [-0.1, -0.05) is 26.0 Å². The largest absolute Gasteiger partial charge is 0.514 e. The minimum atomic E-state index is -1.19. The van der Waals surface area contributed by atoms with Crippen LogP contribution in [0, 0.1) is 5.92 Å². The monoisotopic (exact) mass is 707 g/mol. The van der Waals surface area contributed by atoms with Crippen molar-refractivity contribution in [1.29, 1.82) is 0 Å². The van der Waals surface area contributed by atoms with Crippen LogP contribution in [0.5, 0.6) is 5.75 Å². The molecule has 280 valence electrons. The van der Waals surface area contributed by atoms with Crippen LogP contribution in [0.1, 0.15) is 81.2 Å². The summed E-state index contributed by atoms with van der Waals surface area (Å²) >= 11 is 0. The van der Waals surface area contributed by atoms with Crippen LogP contribution in [0.25, 0.3) is 0 Å². The summed E-state index contributed by atoms with van der Waals surface area (Å²) in [6.07, 6.45) is -1.50. The quantitative estimate of drug-likeness (QED) is 0.0954. The SMILES string of the molecule is CCOC(=O)CNC(=O)[C@H](CC(C)C)NC(=O)CNC(=O)[C@H](C)NC(=O)[C@H](Cc1ccc(OC(=O)OC(C)(C)C)cc1)NC(=O)OC(C)(C)C.